The molecule has 78 valence electrons. The zero-order chi connectivity index (χ0) is 10.1. The van der Waals surface area contributed by atoms with E-state index in [4.69, 9.17) is 10.5 Å². The molecule has 0 saturated heterocycles. The summed E-state index contributed by atoms with van der Waals surface area (Å²) in [7, 11) is 0. The van der Waals surface area contributed by atoms with E-state index in [2.05, 4.69) is 5.32 Å². The van der Waals surface area contributed by atoms with Gasteiger partial charge in [0.1, 0.15) is 0 Å². The molecule has 0 aromatic heterocycles. The average molecular weight is 188 g/mol. The number of hydrogen-bond donors (Lipinski definition) is 2. The fourth-order valence-corrected chi connectivity index (χ4v) is 0.879. The summed E-state index contributed by atoms with van der Waals surface area (Å²) in [5.74, 6) is -0.236. The van der Waals surface area contributed by atoms with Crippen LogP contribution in [0.2, 0.25) is 0 Å². The Kier molecular flexibility index (Phi) is 7.63. The molecule has 4 heteroatoms. The van der Waals surface area contributed by atoms with Crippen molar-refractivity contribution >= 4 is 5.91 Å². The van der Waals surface area contributed by atoms with Crippen molar-refractivity contribution in [3.63, 3.8) is 0 Å². The van der Waals surface area contributed by atoms with Crippen LogP contribution in [0.15, 0.2) is 0 Å². The van der Waals surface area contributed by atoms with Crippen molar-refractivity contribution in [2.24, 2.45) is 5.73 Å². The minimum absolute atomic E-state index is 0.236. The second-order valence-corrected chi connectivity index (χ2v) is 3.24. The maximum absolute atomic E-state index is 10.3. The lowest BCUT2D eigenvalue weighted by molar-refractivity contribution is -0.118. The molecule has 0 rings (SSSR count). The van der Waals surface area contributed by atoms with Crippen molar-refractivity contribution in [2.75, 3.05) is 19.7 Å². The zero-order valence-electron chi connectivity index (χ0n) is 8.51. The van der Waals surface area contributed by atoms with E-state index in [0.29, 0.717) is 13.0 Å². The van der Waals surface area contributed by atoms with Gasteiger partial charge in [-0.15, -0.1) is 0 Å². The first-order chi connectivity index (χ1) is 6.13. The quantitative estimate of drug-likeness (QED) is 0.537. The number of carbonyl (C=O) groups is 1. The minimum Gasteiger partial charge on any atom is -0.377 e. The minimum atomic E-state index is -0.236. The molecule has 0 saturated carbocycles. The Labute approximate surface area is 79.8 Å². The van der Waals surface area contributed by atoms with Gasteiger partial charge >= 0.3 is 0 Å². The number of nitrogens with one attached hydrogen (secondary N) is 1. The van der Waals surface area contributed by atoms with Gasteiger partial charge in [0.05, 0.1) is 12.7 Å². The fourth-order valence-electron chi connectivity index (χ4n) is 0.879. The highest BCUT2D eigenvalue weighted by Crippen LogP contribution is 1.86. The fraction of sp³-hybridized carbons (Fsp3) is 0.889. The summed E-state index contributed by atoms with van der Waals surface area (Å²) in [5, 5.41) is 3.16. The molecule has 0 spiro atoms. The molecule has 0 aromatic carbocycles. The molecule has 1 amide bonds. The lowest BCUT2D eigenvalue weighted by Crippen LogP contribution is -2.23. The Morgan fingerprint density at radius 2 is 2.15 bits per heavy atom. The monoisotopic (exact) mass is 188 g/mol. The Balaban J connectivity index is 2.96. The van der Waals surface area contributed by atoms with Gasteiger partial charge in [-0.05, 0) is 26.8 Å². The Morgan fingerprint density at radius 1 is 1.46 bits per heavy atom. The van der Waals surface area contributed by atoms with E-state index >= 15 is 0 Å². The van der Waals surface area contributed by atoms with Crippen LogP contribution in [0.3, 0.4) is 0 Å². The third kappa shape index (κ3) is 11.4. The van der Waals surface area contributed by atoms with Gasteiger partial charge in [0.2, 0.25) is 5.91 Å². The number of hydrogen-bond acceptors (Lipinski definition) is 3. The molecule has 0 aromatic rings. The second kappa shape index (κ2) is 8.01. The predicted octanol–water partition coefficient (Wildman–Crippen LogP) is 0.267. The lowest BCUT2D eigenvalue weighted by Gasteiger charge is -2.07. The molecule has 13 heavy (non-hydrogen) atoms. The van der Waals surface area contributed by atoms with Gasteiger partial charge in [0, 0.05) is 13.0 Å². The van der Waals surface area contributed by atoms with Crippen LogP contribution in [0.5, 0.6) is 0 Å². The molecule has 4 nitrogen and oxygen atoms in total. The third-order valence-electron chi connectivity index (χ3n) is 1.51. The van der Waals surface area contributed by atoms with Gasteiger partial charge in [0.15, 0.2) is 0 Å². The van der Waals surface area contributed by atoms with Crippen LogP contribution in [-0.4, -0.2) is 31.7 Å². The first-order valence-electron chi connectivity index (χ1n) is 4.73. The van der Waals surface area contributed by atoms with Crippen molar-refractivity contribution in [3.8, 4) is 0 Å². The summed E-state index contributed by atoms with van der Waals surface area (Å²) in [5.41, 5.74) is 4.98. The smallest absolute Gasteiger partial charge is 0.217 e. The van der Waals surface area contributed by atoms with E-state index in [9.17, 15) is 4.79 Å². The summed E-state index contributed by atoms with van der Waals surface area (Å²) in [6, 6.07) is 0. The van der Waals surface area contributed by atoms with Crippen LogP contribution in [0.1, 0.15) is 26.7 Å². The van der Waals surface area contributed by atoms with Gasteiger partial charge in [0.25, 0.3) is 0 Å². The van der Waals surface area contributed by atoms with Gasteiger partial charge in [-0.3, -0.25) is 4.79 Å². The van der Waals surface area contributed by atoms with Gasteiger partial charge in [-0.2, -0.15) is 0 Å². The Bertz CT molecular complexity index is 138. The van der Waals surface area contributed by atoms with E-state index in [-0.39, 0.29) is 12.0 Å². The largest absolute Gasteiger partial charge is 0.377 e. The second-order valence-electron chi connectivity index (χ2n) is 3.24. The van der Waals surface area contributed by atoms with Crippen LogP contribution in [0.25, 0.3) is 0 Å². The molecule has 0 unspecified atom stereocenters. The number of nitrogens with two attached hydrogens (primary N) is 1. The van der Waals surface area contributed by atoms with Gasteiger partial charge in [-0.25, -0.2) is 0 Å². The van der Waals surface area contributed by atoms with E-state index in [1.807, 2.05) is 13.8 Å². The average Bonchev–Trinajstić information content (AvgIpc) is 2.01. The van der Waals surface area contributed by atoms with Crippen molar-refractivity contribution in [2.45, 2.75) is 32.8 Å². The molecule has 0 heterocycles. The summed E-state index contributed by atoms with van der Waals surface area (Å²) >= 11 is 0. The highest BCUT2D eigenvalue weighted by Gasteiger charge is 1.94. The van der Waals surface area contributed by atoms with E-state index in [0.717, 1.165) is 19.5 Å². The molecule has 0 aliphatic rings. The van der Waals surface area contributed by atoms with Crippen LogP contribution in [0, 0.1) is 0 Å². The zero-order valence-corrected chi connectivity index (χ0v) is 8.51. The molecule has 0 atom stereocenters. The van der Waals surface area contributed by atoms with E-state index in [1.165, 1.54) is 0 Å². The number of carbonyl (C=O) groups excluding carboxylic acids is 1. The summed E-state index contributed by atoms with van der Waals surface area (Å²) in [4.78, 5) is 10.3. The maximum Gasteiger partial charge on any atom is 0.217 e. The number of amides is 1. The van der Waals surface area contributed by atoms with Gasteiger partial charge < -0.3 is 15.8 Å². The van der Waals surface area contributed by atoms with Crippen LogP contribution < -0.4 is 11.1 Å². The number of ether oxygens (including phenoxy) is 1. The summed E-state index contributed by atoms with van der Waals surface area (Å²) in [6.07, 6.45) is 1.54. The molecule has 0 radical (unpaired) electrons. The molecule has 0 bridgehead atoms. The first kappa shape index (κ1) is 12.4. The predicted molar refractivity (Wildman–Crippen MR) is 52.4 cm³/mol. The summed E-state index contributed by atoms with van der Waals surface area (Å²) in [6.45, 7) is 6.38. The summed E-state index contributed by atoms with van der Waals surface area (Å²) < 4.78 is 5.32. The van der Waals surface area contributed by atoms with Crippen LogP contribution in [-0.2, 0) is 9.53 Å². The number of primary amides is 1. The van der Waals surface area contributed by atoms with Crippen LogP contribution >= 0.6 is 0 Å². The standard InChI is InChI=1S/C9H20N2O2/c1-8(2)13-7-6-11-5-3-4-9(10)12/h8,11H,3-7H2,1-2H3,(H2,10,12). The molecule has 0 fully saturated rings. The van der Waals surface area contributed by atoms with Crippen molar-refractivity contribution in [1.29, 1.82) is 0 Å². The van der Waals surface area contributed by atoms with Crippen LogP contribution in [0.4, 0.5) is 0 Å². The first-order valence-corrected chi connectivity index (χ1v) is 4.73. The third-order valence-corrected chi connectivity index (χ3v) is 1.51. The molecule has 3 N–H and O–H groups in total. The Hall–Kier alpha value is -0.610. The SMILES string of the molecule is CC(C)OCCNCCCC(N)=O. The molecule has 0 aliphatic heterocycles. The molecular formula is C9H20N2O2. The van der Waals surface area contributed by atoms with Gasteiger partial charge in [-0.1, -0.05) is 0 Å². The van der Waals surface area contributed by atoms with E-state index in [1.54, 1.807) is 0 Å². The Morgan fingerprint density at radius 3 is 2.69 bits per heavy atom. The normalized spacial score (nSPS) is 10.7. The van der Waals surface area contributed by atoms with E-state index < -0.39 is 0 Å². The number of rotatable bonds is 8. The highest BCUT2D eigenvalue weighted by atomic mass is 16.5. The highest BCUT2D eigenvalue weighted by molar-refractivity contribution is 5.73. The maximum atomic E-state index is 10.3. The van der Waals surface area contributed by atoms with Crippen molar-refractivity contribution in [3.05, 3.63) is 0 Å². The van der Waals surface area contributed by atoms with Crippen molar-refractivity contribution < 1.29 is 9.53 Å². The molecular weight excluding hydrogens is 168 g/mol. The lowest BCUT2D eigenvalue weighted by atomic mass is 10.3. The molecule has 0 aliphatic carbocycles. The topological polar surface area (TPSA) is 64.3 Å². The van der Waals surface area contributed by atoms with Crippen molar-refractivity contribution in [1.82, 2.24) is 5.32 Å².